The van der Waals surface area contributed by atoms with Gasteiger partial charge in [0.25, 0.3) is 0 Å². The molecule has 290 valence electrons. The molecule has 0 aliphatic rings. The molecule has 57 heavy (non-hydrogen) atoms. The van der Waals surface area contributed by atoms with Crippen molar-refractivity contribution in [3.05, 3.63) is 147 Å². The van der Waals surface area contributed by atoms with E-state index in [1.54, 1.807) is 39.9 Å². The first-order valence-electron chi connectivity index (χ1n) is 17.8. The smallest absolute Gasteiger partial charge is 0.325 e. The average Bonchev–Trinajstić information content (AvgIpc) is 3.80. The van der Waals surface area contributed by atoms with Gasteiger partial charge in [0.1, 0.15) is 17.8 Å². The second kappa shape index (κ2) is 18.0. The maximum Gasteiger partial charge on any atom is 0.325 e. The third-order valence-corrected chi connectivity index (χ3v) is 10.2. The Morgan fingerprint density at radius 1 is 0.667 bits per heavy atom. The van der Waals surface area contributed by atoms with Gasteiger partial charge in [-0.2, -0.15) is 19.2 Å². The molecule has 0 aliphatic carbocycles. The first kappa shape index (κ1) is 39.4. The monoisotopic (exact) mass is 912 g/mol. The number of aromatic nitrogens is 8. The van der Waals surface area contributed by atoms with Crippen molar-refractivity contribution in [1.82, 2.24) is 34.1 Å². The Balaban J connectivity index is 0.000000177. The first-order chi connectivity index (χ1) is 27.6. The van der Waals surface area contributed by atoms with Crippen LogP contribution >= 0.6 is 43.5 Å². The molecule has 2 aromatic carbocycles. The Kier molecular flexibility index (Phi) is 12.4. The summed E-state index contributed by atoms with van der Waals surface area (Å²) in [5, 5.41) is 39.0. The van der Waals surface area contributed by atoms with E-state index in [1.165, 1.54) is 0 Å². The summed E-state index contributed by atoms with van der Waals surface area (Å²) in [6, 6.07) is 31.3. The van der Waals surface area contributed by atoms with Crippen LogP contribution in [0.4, 0.5) is 17.5 Å². The fourth-order valence-electron chi connectivity index (χ4n) is 5.83. The molecule has 6 heterocycles. The summed E-state index contributed by atoms with van der Waals surface area (Å²) < 4.78 is 7.16. The van der Waals surface area contributed by atoms with Crippen LogP contribution in [0.15, 0.2) is 131 Å². The van der Waals surface area contributed by atoms with E-state index < -0.39 is 0 Å². The van der Waals surface area contributed by atoms with Crippen LogP contribution in [-0.4, -0.2) is 71.7 Å². The highest BCUT2D eigenvalue weighted by Crippen LogP contribution is 2.27. The lowest BCUT2D eigenvalue weighted by atomic mass is 10.1. The van der Waals surface area contributed by atoms with Crippen molar-refractivity contribution >= 4 is 72.2 Å². The van der Waals surface area contributed by atoms with Crippen LogP contribution in [0.3, 0.4) is 0 Å². The number of nitrogens with one attached hydrogen (secondary N) is 3. The van der Waals surface area contributed by atoms with Gasteiger partial charge in [-0.15, -0.1) is 0 Å². The number of benzene rings is 2. The number of rotatable bonds is 12. The van der Waals surface area contributed by atoms with Crippen LogP contribution in [0, 0.1) is 0 Å². The van der Waals surface area contributed by atoms with Crippen molar-refractivity contribution in [1.29, 1.82) is 0 Å². The molecule has 0 spiro atoms. The molecule has 0 amide bonds. The minimum atomic E-state index is 0.252. The third-order valence-electron chi connectivity index (χ3n) is 8.74. The Morgan fingerprint density at radius 2 is 1.16 bits per heavy atom. The molecule has 0 atom stereocenters. The zero-order valence-corrected chi connectivity index (χ0v) is 34.9. The Labute approximate surface area is 350 Å². The van der Waals surface area contributed by atoms with Gasteiger partial charge in [0.15, 0.2) is 11.3 Å². The van der Waals surface area contributed by atoms with E-state index in [0.29, 0.717) is 18.9 Å². The van der Waals surface area contributed by atoms with Gasteiger partial charge in [0.2, 0.25) is 6.20 Å². The summed E-state index contributed by atoms with van der Waals surface area (Å²) in [6.07, 6.45) is 6.70. The molecule has 0 radical (unpaired) electrons. The van der Waals surface area contributed by atoms with Crippen molar-refractivity contribution in [3.63, 3.8) is 0 Å². The van der Waals surface area contributed by atoms with E-state index in [9.17, 15) is 10.4 Å². The van der Waals surface area contributed by atoms with Crippen LogP contribution in [0.25, 0.3) is 33.8 Å². The summed E-state index contributed by atoms with van der Waals surface area (Å²) in [7, 11) is 4.03. The topological polar surface area (TPSA) is 148 Å². The summed E-state index contributed by atoms with van der Waals surface area (Å²) in [6.45, 7) is 2.63. The molecule has 8 aromatic rings. The van der Waals surface area contributed by atoms with E-state index in [2.05, 4.69) is 62.9 Å². The zero-order valence-electron chi connectivity index (χ0n) is 30.9. The molecule has 0 saturated carbocycles. The number of anilines is 3. The van der Waals surface area contributed by atoms with Gasteiger partial charge < -0.3 is 20.7 Å². The van der Waals surface area contributed by atoms with Crippen LogP contribution in [0.2, 0.25) is 5.15 Å². The van der Waals surface area contributed by atoms with Gasteiger partial charge in [-0.1, -0.05) is 65.4 Å². The quantitative estimate of drug-likeness (QED) is 0.0484. The zero-order chi connectivity index (χ0) is 39.9. The van der Waals surface area contributed by atoms with Crippen molar-refractivity contribution in [2.24, 2.45) is 0 Å². The molecular weight excluding hydrogens is 876 g/mol. The SMILES string of the molecule is CN(C)CCNc1ccc(CNc2cc(-c3ccccc3)nc3c(Br)cnn23)c[n+]1O.O[n+]1cc(CNc2cc(-c3ccccc3)nc3c(Br)cnn23)ccc1Cl. The van der Waals surface area contributed by atoms with Gasteiger partial charge in [-0.25, -0.2) is 9.97 Å². The fourth-order valence-corrected chi connectivity index (χ4v) is 6.63. The number of hydrogen-bond donors (Lipinski definition) is 5. The Hall–Kier alpha value is -5.81. The number of halogens is 3. The molecule has 0 bridgehead atoms. The van der Waals surface area contributed by atoms with Crippen molar-refractivity contribution in [2.45, 2.75) is 13.1 Å². The summed E-state index contributed by atoms with van der Waals surface area (Å²) in [4.78, 5) is 11.5. The van der Waals surface area contributed by atoms with E-state index in [0.717, 1.165) is 88.1 Å². The lowest BCUT2D eigenvalue weighted by Crippen LogP contribution is -2.36. The lowest BCUT2D eigenvalue weighted by molar-refractivity contribution is -0.903. The summed E-state index contributed by atoms with van der Waals surface area (Å²) in [5.74, 6) is 2.26. The maximum atomic E-state index is 10.3. The van der Waals surface area contributed by atoms with Gasteiger partial charge >= 0.3 is 11.0 Å². The van der Waals surface area contributed by atoms with Crippen molar-refractivity contribution in [3.8, 4) is 22.5 Å². The normalized spacial score (nSPS) is 11.1. The number of pyridine rings is 2. The molecule has 17 heteroatoms. The van der Waals surface area contributed by atoms with E-state index in [4.69, 9.17) is 21.6 Å². The van der Waals surface area contributed by atoms with Crippen LogP contribution in [0.5, 0.6) is 0 Å². The minimum Gasteiger partial charge on any atom is -0.366 e. The molecular formula is C40H39Br2ClN12O2+2. The van der Waals surface area contributed by atoms with Crippen molar-refractivity contribution in [2.75, 3.05) is 43.1 Å². The summed E-state index contributed by atoms with van der Waals surface area (Å²) >= 11 is 12.9. The summed E-state index contributed by atoms with van der Waals surface area (Å²) in [5.41, 5.74) is 7.01. The highest BCUT2D eigenvalue weighted by Gasteiger charge is 2.15. The molecule has 8 rings (SSSR count). The molecule has 6 aromatic heterocycles. The van der Waals surface area contributed by atoms with E-state index >= 15 is 0 Å². The highest BCUT2D eigenvalue weighted by molar-refractivity contribution is 9.11. The van der Waals surface area contributed by atoms with E-state index in [-0.39, 0.29) is 5.15 Å². The number of fused-ring (bicyclic) bond motifs is 2. The molecule has 5 N–H and O–H groups in total. The largest absolute Gasteiger partial charge is 0.366 e. The van der Waals surface area contributed by atoms with Crippen molar-refractivity contribution < 1.29 is 19.9 Å². The fraction of sp³-hybridized carbons (Fsp3) is 0.150. The van der Waals surface area contributed by atoms with E-state index in [1.807, 2.05) is 105 Å². The Morgan fingerprint density at radius 3 is 1.63 bits per heavy atom. The second-order valence-corrected chi connectivity index (χ2v) is 15.2. The standard InChI is InChI=1S/C22H24BrN7O.C18H14BrClN5O/c1-28(2)11-10-24-20-9-8-16(15-29(20)31)13-25-21-12-19(17-6-4-3-5-7-17)27-22-18(23)14-26-30(21)22;19-14-10-22-25-17(21-9-12-6-7-16(20)24(26)11-12)8-15(23-18(14)25)13-4-2-1-3-5-13/h3-9,12,14-15,31H,10-11,13H2,1-2H3,(H,25,26,27);1-8,10-11,21,26H,9H2/q;+1/p+1. The van der Waals surface area contributed by atoms with Crippen LogP contribution in [-0.2, 0) is 13.1 Å². The van der Waals surface area contributed by atoms with Gasteiger partial charge in [0.05, 0.1) is 39.3 Å². The van der Waals surface area contributed by atoms with Gasteiger partial charge in [-0.05, 0) is 69.7 Å². The Bertz CT molecular complexity index is 2620. The first-order valence-corrected chi connectivity index (χ1v) is 19.8. The molecule has 0 unspecified atom stereocenters. The predicted octanol–water partition coefficient (Wildman–Crippen LogP) is 7.22. The maximum absolute atomic E-state index is 10.3. The minimum absolute atomic E-state index is 0.252. The van der Waals surface area contributed by atoms with Gasteiger partial charge in [0, 0.05) is 70.9 Å². The molecule has 0 fully saturated rings. The lowest BCUT2D eigenvalue weighted by Gasteiger charge is -2.11. The third kappa shape index (κ3) is 9.60. The number of likely N-dealkylation sites (N-methyl/N-ethyl adjacent to an activating group) is 1. The molecule has 14 nitrogen and oxygen atoms in total. The van der Waals surface area contributed by atoms with Crippen LogP contribution in [0.1, 0.15) is 11.1 Å². The van der Waals surface area contributed by atoms with Gasteiger partial charge in [-0.3, -0.25) is 10.5 Å². The second-order valence-electron chi connectivity index (χ2n) is 13.2. The predicted molar refractivity (Wildman–Crippen MR) is 227 cm³/mol. The highest BCUT2D eigenvalue weighted by atomic mass is 79.9. The number of hydrogen-bond acceptors (Lipinski definition) is 10. The average molecular weight is 915 g/mol. The number of nitrogens with zero attached hydrogens (tertiary/aromatic N) is 9. The molecule has 0 saturated heterocycles. The molecule has 0 aliphatic heterocycles. The van der Waals surface area contributed by atoms with Crippen LogP contribution < -0.4 is 25.4 Å².